The van der Waals surface area contributed by atoms with Gasteiger partial charge in [-0.25, -0.2) is 4.39 Å². The summed E-state index contributed by atoms with van der Waals surface area (Å²) in [5.41, 5.74) is 3.20. The fourth-order valence-corrected chi connectivity index (χ4v) is 3.81. The fraction of sp³-hybridized carbons (Fsp3) is 0.240. The number of rotatable bonds is 6. The summed E-state index contributed by atoms with van der Waals surface area (Å²) >= 11 is 0. The van der Waals surface area contributed by atoms with Gasteiger partial charge in [0.1, 0.15) is 17.6 Å². The Hall–Kier alpha value is -3.74. The molecule has 32 heavy (non-hydrogen) atoms. The number of hydrogen-bond donors (Lipinski definition) is 0. The van der Waals surface area contributed by atoms with Crippen molar-refractivity contribution in [1.82, 2.24) is 9.88 Å². The summed E-state index contributed by atoms with van der Waals surface area (Å²) in [5, 5.41) is 0. The number of nitrogens with zero attached hydrogens (tertiary/aromatic N) is 3. The molecule has 2 aromatic carbocycles. The van der Waals surface area contributed by atoms with Gasteiger partial charge in [-0.1, -0.05) is 24.3 Å². The lowest BCUT2D eigenvalue weighted by molar-refractivity contribution is -0.135. The first-order valence-electron chi connectivity index (χ1n) is 10.4. The van der Waals surface area contributed by atoms with E-state index in [0.29, 0.717) is 18.0 Å². The van der Waals surface area contributed by atoms with Crippen molar-refractivity contribution in [3.63, 3.8) is 0 Å². The van der Waals surface area contributed by atoms with E-state index in [1.807, 2.05) is 37.3 Å². The third kappa shape index (κ3) is 4.61. The zero-order valence-electron chi connectivity index (χ0n) is 18.0. The third-order valence-electron chi connectivity index (χ3n) is 5.43. The largest absolute Gasteiger partial charge is 0.482 e. The standard InChI is InChI=1S/C25H24FN3O3/c1-17-5-10-23-22(12-17)29(24(30)16-32-23)18(2)25(31)28(15-20-4-3-11-27-13-20)14-19-6-8-21(26)9-7-19/h3-13,18H,14-16H2,1-2H3. The minimum atomic E-state index is -0.746. The number of halogens is 1. The Kier molecular flexibility index (Phi) is 6.16. The highest BCUT2D eigenvalue weighted by atomic mass is 19.1. The number of carbonyl (C=O) groups excluding carboxylic acids is 2. The number of ether oxygens (including phenoxy) is 1. The Morgan fingerprint density at radius 2 is 1.91 bits per heavy atom. The van der Waals surface area contributed by atoms with Gasteiger partial charge in [-0.05, 0) is 60.9 Å². The van der Waals surface area contributed by atoms with Gasteiger partial charge in [0.2, 0.25) is 5.91 Å². The first-order valence-corrected chi connectivity index (χ1v) is 10.4. The van der Waals surface area contributed by atoms with Crippen LogP contribution in [0.3, 0.4) is 0 Å². The second-order valence-corrected chi connectivity index (χ2v) is 7.88. The van der Waals surface area contributed by atoms with Gasteiger partial charge in [-0.15, -0.1) is 0 Å². The number of fused-ring (bicyclic) bond motifs is 1. The molecule has 4 rings (SSSR count). The predicted molar refractivity (Wildman–Crippen MR) is 119 cm³/mol. The second kappa shape index (κ2) is 9.18. The molecule has 2 heterocycles. The van der Waals surface area contributed by atoms with Crippen LogP contribution in [0.4, 0.5) is 10.1 Å². The van der Waals surface area contributed by atoms with Gasteiger partial charge in [0.15, 0.2) is 6.61 Å². The number of anilines is 1. The average molecular weight is 433 g/mol. The highest BCUT2D eigenvalue weighted by Crippen LogP contribution is 2.34. The lowest BCUT2D eigenvalue weighted by Crippen LogP contribution is -2.52. The summed E-state index contributed by atoms with van der Waals surface area (Å²) in [6, 6.07) is 14.6. The van der Waals surface area contributed by atoms with Crippen LogP contribution < -0.4 is 9.64 Å². The van der Waals surface area contributed by atoms with Crippen LogP contribution in [0.1, 0.15) is 23.6 Å². The van der Waals surface area contributed by atoms with E-state index < -0.39 is 6.04 Å². The zero-order valence-corrected chi connectivity index (χ0v) is 18.0. The van der Waals surface area contributed by atoms with E-state index in [0.717, 1.165) is 16.7 Å². The van der Waals surface area contributed by atoms with Crippen molar-refractivity contribution in [3.05, 3.63) is 89.5 Å². The topological polar surface area (TPSA) is 62.7 Å². The molecule has 1 atom stereocenters. The maximum atomic E-state index is 13.7. The Morgan fingerprint density at radius 3 is 2.62 bits per heavy atom. The third-order valence-corrected chi connectivity index (χ3v) is 5.43. The number of benzene rings is 2. The molecule has 2 amide bonds. The van der Waals surface area contributed by atoms with E-state index in [2.05, 4.69) is 4.98 Å². The van der Waals surface area contributed by atoms with E-state index in [1.54, 1.807) is 36.4 Å². The molecule has 1 aromatic heterocycles. The Morgan fingerprint density at radius 1 is 1.16 bits per heavy atom. The molecule has 0 bridgehead atoms. The Bertz CT molecular complexity index is 1120. The van der Waals surface area contributed by atoms with Crippen molar-refractivity contribution in [3.8, 4) is 5.75 Å². The quantitative estimate of drug-likeness (QED) is 0.592. The molecule has 7 heteroatoms. The van der Waals surface area contributed by atoms with Crippen LogP contribution in [0, 0.1) is 12.7 Å². The van der Waals surface area contributed by atoms with Crippen LogP contribution in [0.5, 0.6) is 5.75 Å². The molecule has 6 nitrogen and oxygen atoms in total. The van der Waals surface area contributed by atoms with Crippen molar-refractivity contribution in [2.45, 2.75) is 33.0 Å². The smallest absolute Gasteiger partial charge is 0.265 e. The minimum Gasteiger partial charge on any atom is -0.482 e. The summed E-state index contributed by atoms with van der Waals surface area (Å²) in [6.07, 6.45) is 3.37. The summed E-state index contributed by atoms with van der Waals surface area (Å²) < 4.78 is 18.9. The maximum Gasteiger partial charge on any atom is 0.265 e. The van der Waals surface area contributed by atoms with Gasteiger partial charge in [0.05, 0.1) is 5.69 Å². The van der Waals surface area contributed by atoms with Crippen LogP contribution in [0.15, 0.2) is 67.0 Å². The summed E-state index contributed by atoms with van der Waals surface area (Å²) in [4.78, 5) is 33.7. The van der Waals surface area contributed by atoms with Crippen molar-refractivity contribution in [2.24, 2.45) is 0 Å². The molecule has 1 unspecified atom stereocenters. The number of pyridine rings is 1. The first kappa shape index (κ1) is 21.5. The normalized spacial score (nSPS) is 13.8. The van der Waals surface area contributed by atoms with E-state index in [1.165, 1.54) is 17.0 Å². The van der Waals surface area contributed by atoms with E-state index >= 15 is 0 Å². The first-order chi connectivity index (χ1) is 15.4. The van der Waals surface area contributed by atoms with Crippen LogP contribution in [-0.4, -0.2) is 34.3 Å². The second-order valence-electron chi connectivity index (χ2n) is 7.88. The number of amides is 2. The summed E-state index contributed by atoms with van der Waals surface area (Å²) in [7, 11) is 0. The number of aromatic nitrogens is 1. The fourth-order valence-electron chi connectivity index (χ4n) is 3.81. The number of hydrogen-bond acceptors (Lipinski definition) is 4. The molecule has 3 aromatic rings. The van der Waals surface area contributed by atoms with Gasteiger partial charge < -0.3 is 9.64 Å². The molecular weight excluding hydrogens is 409 g/mol. The molecular formula is C25H24FN3O3. The molecule has 0 saturated heterocycles. The van der Waals surface area contributed by atoms with Crippen LogP contribution in [0.25, 0.3) is 0 Å². The molecule has 0 saturated carbocycles. The highest BCUT2D eigenvalue weighted by Gasteiger charge is 2.35. The van der Waals surface area contributed by atoms with Crippen LogP contribution >= 0.6 is 0 Å². The molecule has 0 aliphatic carbocycles. The molecule has 0 spiro atoms. The Labute approximate surface area is 186 Å². The predicted octanol–water partition coefficient (Wildman–Crippen LogP) is 3.87. The van der Waals surface area contributed by atoms with E-state index in [9.17, 15) is 14.0 Å². The average Bonchev–Trinajstić information content (AvgIpc) is 2.79. The zero-order chi connectivity index (χ0) is 22.7. The molecule has 0 radical (unpaired) electrons. The maximum absolute atomic E-state index is 13.7. The molecule has 164 valence electrons. The van der Waals surface area contributed by atoms with Crippen LogP contribution in [-0.2, 0) is 22.7 Å². The highest BCUT2D eigenvalue weighted by molar-refractivity contribution is 6.03. The van der Waals surface area contributed by atoms with Crippen molar-refractivity contribution >= 4 is 17.5 Å². The number of aryl methyl sites for hydroxylation is 1. The van der Waals surface area contributed by atoms with Gasteiger partial charge >= 0.3 is 0 Å². The molecule has 1 aliphatic rings. The van der Waals surface area contributed by atoms with E-state index in [4.69, 9.17) is 4.74 Å². The summed E-state index contributed by atoms with van der Waals surface area (Å²) in [6.45, 7) is 4.12. The van der Waals surface area contributed by atoms with Crippen LogP contribution in [0.2, 0.25) is 0 Å². The molecule has 1 aliphatic heterocycles. The summed E-state index contributed by atoms with van der Waals surface area (Å²) in [5.74, 6) is -0.252. The lowest BCUT2D eigenvalue weighted by Gasteiger charge is -2.36. The van der Waals surface area contributed by atoms with Crippen molar-refractivity contribution in [2.75, 3.05) is 11.5 Å². The van der Waals surface area contributed by atoms with Gasteiger partial charge in [-0.2, -0.15) is 0 Å². The minimum absolute atomic E-state index is 0.117. The van der Waals surface area contributed by atoms with Crippen molar-refractivity contribution in [1.29, 1.82) is 0 Å². The lowest BCUT2D eigenvalue weighted by atomic mass is 10.1. The number of carbonyl (C=O) groups is 2. The monoisotopic (exact) mass is 433 g/mol. The Balaban J connectivity index is 1.64. The van der Waals surface area contributed by atoms with Gasteiger partial charge in [0.25, 0.3) is 5.91 Å². The SMILES string of the molecule is Cc1ccc2c(c1)N(C(C)C(=O)N(Cc1ccc(F)cc1)Cc1cccnc1)C(=O)CO2. The molecule has 0 N–H and O–H groups in total. The van der Waals surface area contributed by atoms with Crippen molar-refractivity contribution < 1.29 is 18.7 Å². The van der Waals surface area contributed by atoms with Gasteiger partial charge in [-0.3, -0.25) is 19.5 Å². The van der Waals surface area contributed by atoms with E-state index in [-0.39, 0.29) is 30.8 Å². The van der Waals surface area contributed by atoms with Gasteiger partial charge in [0, 0.05) is 25.5 Å². The molecule has 0 fully saturated rings.